The molecule has 1 fully saturated rings. The first-order valence-electron chi connectivity index (χ1n) is 5.50. The number of aromatic nitrogens is 2. The summed E-state index contributed by atoms with van der Waals surface area (Å²) in [5, 5.41) is 14.0. The lowest BCUT2D eigenvalue weighted by molar-refractivity contribution is -0.147. The van der Waals surface area contributed by atoms with E-state index in [9.17, 15) is 9.90 Å². The Bertz CT molecular complexity index is 602. The Kier molecular flexibility index (Phi) is 2.16. The maximum Gasteiger partial charge on any atom is 0.314 e. The van der Waals surface area contributed by atoms with E-state index in [1.165, 1.54) is 0 Å². The molecule has 2 aromatic heterocycles. The minimum atomic E-state index is -0.749. The van der Waals surface area contributed by atoms with Crippen molar-refractivity contribution in [3.05, 3.63) is 35.1 Å². The van der Waals surface area contributed by atoms with E-state index in [-0.39, 0.29) is 0 Å². The molecule has 3 rings (SSSR count). The summed E-state index contributed by atoms with van der Waals surface area (Å²) in [6, 6.07) is 3.67. The lowest BCUT2D eigenvalue weighted by atomic mass is 9.65. The summed E-state index contributed by atoms with van der Waals surface area (Å²) in [6.45, 7) is 0. The van der Waals surface area contributed by atoms with Crippen LogP contribution in [0.3, 0.4) is 0 Å². The van der Waals surface area contributed by atoms with Crippen LogP contribution in [0.15, 0.2) is 24.5 Å². The van der Waals surface area contributed by atoms with E-state index in [1.54, 1.807) is 16.9 Å². The maximum atomic E-state index is 11.4. The van der Waals surface area contributed by atoms with Crippen LogP contribution in [0.5, 0.6) is 0 Å². The van der Waals surface area contributed by atoms with Crippen molar-refractivity contribution < 1.29 is 9.90 Å². The van der Waals surface area contributed by atoms with Crippen molar-refractivity contribution in [3.8, 4) is 0 Å². The van der Waals surface area contributed by atoms with Crippen molar-refractivity contribution in [2.45, 2.75) is 24.7 Å². The molecule has 0 spiro atoms. The second-order valence-electron chi connectivity index (χ2n) is 4.48. The number of pyridine rings is 1. The monoisotopic (exact) mass is 250 g/mol. The fraction of sp³-hybridized carbons (Fsp3) is 0.333. The van der Waals surface area contributed by atoms with E-state index < -0.39 is 11.4 Å². The van der Waals surface area contributed by atoms with Crippen LogP contribution in [0.25, 0.3) is 5.52 Å². The number of rotatable bonds is 2. The topological polar surface area (TPSA) is 54.6 Å². The van der Waals surface area contributed by atoms with E-state index >= 15 is 0 Å². The molecule has 0 saturated heterocycles. The first-order chi connectivity index (χ1) is 8.13. The third kappa shape index (κ3) is 1.37. The Morgan fingerprint density at radius 3 is 2.82 bits per heavy atom. The highest BCUT2D eigenvalue weighted by Crippen LogP contribution is 2.44. The molecule has 0 unspecified atom stereocenters. The highest BCUT2D eigenvalue weighted by atomic mass is 35.5. The summed E-state index contributed by atoms with van der Waals surface area (Å²) < 4.78 is 1.64. The predicted molar refractivity (Wildman–Crippen MR) is 63.4 cm³/mol. The standard InChI is InChI=1S/C12H11ClN2O2/c13-9-6-14-15-7-8(2-3-10(9)15)12(11(16)17)4-1-5-12/h2-3,6-7H,1,4-5H2,(H,16,17). The van der Waals surface area contributed by atoms with Crippen LogP contribution in [-0.4, -0.2) is 20.7 Å². The SMILES string of the molecule is O=C(O)C1(c2ccc3c(Cl)cnn3c2)CCC1. The molecule has 1 saturated carbocycles. The number of nitrogens with zero attached hydrogens (tertiary/aromatic N) is 2. The molecule has 17 heavy (non-hydrogen) atoms. The molecule has 0 aliphatic heterocycles. The van der Waals surface area contributed by atoms with Crippen LogP contribution >= 0.6 is 11.6 Å². The number of aliphatic carboxylic acids is 1. The summed E-state index contributed by atoms with van der Waals surface area (Å²) in [7, 11) is 0. The molecule has 2 aromatic rings. The van der Waals surface area contributed by atoms with Gasteiger partial charge in [0.05, 0.1) is 22.2 Å². The Balaban J connectivity index is 2.14. The number of halogens is 1. The molecule has 88 valence electrons. The second-order valence-corrected chi connectivity index (χ2v) is 4.89. The quantitative estimate of drug-likeness (QED) is 0.891. The van der Waals surface area contributed by atoms with Crippen molar-refractivity contribution in [3.63, 3.8) is 0 Å². The van der Waals surface area contributed by atoms with Crippen molar-refractivity contribution in [2.75, 3.05) is 0 Å². The number of carboxylic acid groups (broad SMARTS) is 1. The average Bonchev–Trinajstić information content (AvgIpc) is 2.58. The number of fused-ring (bicyclic) bond motifs is 1. The van der Waals surface area contributed by atoms with Crippen molar-refractivity contribution >= 4 is 23.1 Å². The van der Waals surface area contributed by atoms with Crippen LogP contribution in [0, 0.1) is 0 Å². The van der Waals surface area contributed by atoms with Gasteiger partial charge in [0.2, 0.25) is 0 Å². The van der Waals surface area contributed by atoms with E-state index in [0.29, 0.717) is 17.9 Å². The molecule has 1 aliphatic carbocycles. The largest absolute Gasteiger partial charge is 0.481 e. The Hall–Kier alpha value is -1.55. The number of carboxylic acids is 1. The molecule has 0 bridgehead atoms. The van der Waals surface area contributed by atoms with Crippen LogP contribution < -0.4 is 0 Å². The van der Waals surface area contributed by atoms with Gasteiger partial charge in [0, 0.05) is 6.20 Å². The van der Waals surface area contributed by atoms with Gasteiger partial charge in [-0.1, -0.05) is 24.1 Å². The molecule has 1 aliphatic rings. The summed E-state index contributed by atoms with van der Waals surface area (Å²) in [4.78, 5) is 11.4. The van der Waals surface area contributed by atoms with Gasteiger partial charge in [-0.3, -0.25) is 4.79 Å². The minimum absolute atomic E-state index is 0.578. The first kappa shape index (κ1) is 10.6. The predicted octanol–water partition coefficient (Wildman–Crippen LogP) is 2.49. The van der Waals surface area contributed by atoms with Crippen molar-refractivity contribution in [1.29, 1.82) is 0 Å². The molecule has 2 heterocycles. The first-order valence-corrected chi connectivity index (χ1v) is 5.88. The molecule has 5 heteroatoms. The zero-order valence-corrected chi connectivity index (χ0v) is 9.81. The van der Waals surface area contributed by atoms with E-state index in [4.69, 9.17) is 11.6 Å². The van der Waals surface area contributed by atoms with E-state index in [2.05, 4.69) is 5.10 Å². The maximum absolute atomic E-state index is 11.4. The molecule has 1 N–H and O–H groups in total. The number of hydrogen-bond acceptors (Lipinski definition) is 2. The molecule has 4 nitrogen and oxygen atoms in total. The molecular formula is C12H11ClN2O2. The second kappa shape index (κ2) is 3.47. The molecule has 0 radical (unpaired) electrons. The fourth-order valence-corrected chi connectivity index (χ4v) is 2.59. The van der Waals surface area contributed by atoms with Gasteiger partial charge in [-0.2, -0.15) is 5.10 Å². The average molecular weight is 251 g/mol. The summed E-state index contributed by atoms with van der Waals surface area (Å²) in [6.07, 6.45) is 5.69. The molecular weight excluding hydrogens is 240 g/mol. The zero-order valence-electron chi connectivity index (χ0n) is 9.06. The van der Waals surface area contributed by atoms with Crippen LogP contribution in [0.4, 0.5) is 0 Å². The Morgan fingerprint density at radius 2 is 2.24 bits per heavy atom. The summed E-state index contributed by atoms with van der Waals surface area (Å²) in [5.74, 6) is -0.749. The Morgan fingerprint density at radius 1 is 1.47 bits per heavy atom. The number of hydrogen-bond donors (Lipinski definition) is 1. The highest BCUT2D eigenvalue weighted by molar-refractivity contribution is 6.33. The Labute approximate surface area is 103 Å². The zero-order chi connectivity index (χ0) is 12.0. The summed E-state index contributed by atoms with van der Waals surface area (Å²) in [5.41, 5.74) is 0.894. The molecule has 0 aromatic carbocycles. The third-order valence-electron chi connectivity index (χ3n) is 3.64. The van der Waals surface area contributed by atoms with Crippen LogP contribution in [0.2, 0.25) is 5.02 Å². The fourth-order valence-electron chi connectivity index (χ4n) is 2.39. The molecule has 0 atom stereocenters. The van der Waals surface area contributed by atoms with E-state index in [1.807, 2.05) is 12.1 Å². The third-order valence-corrected chi connectivity index (χ3v) is 3.93. The minimum Gasteiger partial charge on any atom is -0.481 e. The van der Waals surface area contributed by atoms with Gasteiger partial charge in [0.25, 0.3) is 0 Å². The highest BCUT2D eigenvalue weighted by Gasteiger charge is 2.46. The van der Waals surface area contributed by atoms with Gasteiger partial charge >= 0.3 is 5.97 Å². The smallest absolute Gasteiger partial charge is 0.314 e. The van der Waals surface area contributed by atoms with Gasteiger partial charge < -0.3 is 5.11 Å². The van der Waals surface area contributed by atoms with Crippen molar-refractivity contribution in [2.24, 2.45) is 0 Å². The van der Waals surface area contributed by atoms with Crippen LogP contribution in [0.1, 0.15) is 24.8 Å². The van der Waals surface area contributed by atoms with Crippen molar-refractivity contribution in [1.82, 2.24) is 9.61 Å². The lowest BCUT2D eigenvalue weighted by Gasteiger charge is -2.37. The van der Waals surface area contributed by atoms with E-state index in [0.717, 1.165) is 17.5 Å². The number of carbonyl (C=O) groups is 1. The summed E-state index contributed by atoms with van der Waals surface area (Å²) >= 11 is 5.95. The van der Waals surface area contributed by atoms with Gasteiger partial charge in [-0.05, 0) is 24.5 Å². The van der Waals surface area contributed by atoms with Gasteiger partial charge in [0.15, 0.2) is 0 Å². The van der Waals surface area contributed by atoms with Gasteiger partial charge in [-0.25, -0.2) is 4.52 Å². The normalized spacial score (nSPS) is 17.9. The van der Waals surface area contributed by atoms with Gasteiger partial charge in [-0.15, -0.1) is 0 Å². The molecule has 0 amide bonds. The lowest BCUT2D eigenvalue weighted by Crippen LogP contribution is -2.42. The van der Waals surface area contributed by atoms with Crippen LogP contribution in [-0.2, 0) is 10.2 Å². The van der Waals surface area contributed by atoms with Gasteiger partial charge in [0.1, 0.15) is 0 Å².